The molecule has 1 aliphatic rings. The summed E-state index contributed by atoms with van der Waals surface area (Å²) in [6.45, 7) is 3.01. The highest BCUT2D eigenvalue weighted by Crippen LogP contribution is 2.28. The van der Waals surface area contributed by atoms with Crippen molar-refractivity contribution in [1.82, 2.24) is 9.69 Å². The van der Waals surface area contributed by atoms with E-state index in [-0.39, 0.29) is 11.8 Å². The zero-order valence-corrected chi connectivity index (χ0v) is 10.4. The van der Waals surface area contributed by atoms with Crippen LogP contribution in [0.4, 0.5) is 5.00 Å². The second-order valence-electron chi connectivity index (χ2n) is 4.08. The largest absolute Gasteiger partial charge is 0.373 e. The van der Waals surface area contributed by atoms with Gasteiger partial charge in [0.15, 0.2) is 0 Å². The van der Waals surface area contributed by atoms with Crippen molar-refractivity contribution >= 4 is 22.4 Å². The SMILES string of the molecule is Cc1nsc(NCCNC(=O)C2CC2)c1C#N. The van der Waals surface area contributed by atoms with Crippen LogP contribution in [0.3, 0.4) is 0 Å². The lowest BCUT2D eigenvalue weighted by Gasteiger charge is -2.05. The van der Waals surface area contributed by atoms with E-state index in [1.807, 2.05) is 6.92 Å². The number of carbonyl (C=O) groups is 1. The lowest BCUT2D eigenvalue weighted by Crippen LogP contribution is -2.29. The predicted molar refractivity (Wildman–Crippen MR) is 65.8 cm³/mol. The molecule has 0 unspecified atom stereocenters. The van der Waals surface area contributed by atoms with Crippen molar-refractivity contribution in [2.75, 3.05) is 18.4 Å². The Balaban J connectivity index is 1.74. The number of hydrogen-bond acceptors (Lipinski definition) is 5. The van der Waals surface area contributed by atoms with E-state index in [2.05, 4.69) is 21.1 Å². The second kappa shape index (κ2) is 5.15. The maximum atomic E-state index is 11.3. The molecule has 1 aliphatic carbocycles. The first-order chi connectivity index (χ1) is 8.22. The van der Waals surface area contributed by atoms with Crippen LogP contribution in [0, 0.1) is 24.2 Å². The van der Waals surface area contributed by atoms with Crippen LogP contribution in [0.1, 0.15) is 24.1 Å². The van der Waals surface area contributed by atoms with E-state index in [1.54, 1.807) is 0 Å². The summed E-state index contributed by atoms with van der Waals surface area (Å²) in [4.78, 5) is 11.3. The van der Waals surface area contributed by atoms with Gasteiger partial charge in [-0.1, -0.05) is 0 Å². The molecule has 0 aliphatic heterocycles. The number of aryl methyl sites for hydroxylation is 1. The van der Waals surface area contributed by atoms with Gasteiger partial charge in [0.25, 0.3) is 0 Å². The highest BCUT2D eigenvalue weighted by molar-refractivity contribution is 7.10. The molecule has 5 nitrogen and oxygen atoms in total. The van der Waals surface area contributed by atoms with Crippen LogP contribution < -0.4 is 10.6 Å². The molecule has 6 heteroatoms. The minimum Gasteiger partial charge on any atom is -0.373 e. The number of nitrogens with one attached hydrogen (secondary N) is 2. The van der Waals surface area contributed by atoms with Gasteiger partial charge in [0.1, 0.15) is 16.6 Å². The van der Waals surface area contributed by atoms with Gasteiger partial charge >= 0.3 is 0 Å². The maximum absolute atomic E-state index is 11.3. The standard InChI is InChI=1S/C11H14N4OS/c1-7-9(6-12)11(17-15-7)14-5-4-13-10(16)8-2-3-8/h8,14H,2-5H2,1H3,(H,13,16). The summed E-state index contributed by atoms with van der Waals surface area (Å²) in [5.41, 5.74) is 1.35. The molecule has 0 bridgehead atoms. The average molecular weight is 250 g/mol. The third-order valence-corrected chi connectivity index (χ3v) is 3.53. The summed E-state index contributed by atoms with van der Waals surface area (Å²) >= 11 is 1.28. The molecule has 1 heterocycles. The zero-order chi connectivity index (χ0) is 12.3. The van der Waals surface area contributed by atoms with E-state index in [1.165, 1.54) is 11.5 Å². The molecule has 2 rings (SSSR count). The average Bonchev–Trinajstić information content (AvgIpc) is 3.10. The molecule has 1 fully saturated rings. The molecule has 90 valence electrons. The van der Waals surface area contributed by atoms with Gasteiger partial charge < -0.3 is 10.6 Å². The highest BCUT2D eigenvalue weighted by Gasteiger charge is 2.28. The summed E-state index contributed by atoms with van der Waals surface area (Å²) in [6.07, 6.45) is 2.04. The molecule has 1 amide bonds. The molecular weight excluding hydrogens is 236 g/mol. The number of amides is 1. The Labute approximate surface area is 104 Å². The summed E-state index contributed by atoms with van der Waals surface area (Å²) < 4.78 is 4.11. The van der Waals surface area contributed by atoms with E-state index in [4.69, 9.17) is 5.26 Å². The molecule has 0 atom stereocenters. The fourth-order valence-electron chi connectivity index (χ4n) is 1.47. The van der Waals surface area contributed by atoms with Crippen molar-refractivity contribution in [2.24, 2.45) is 5.92 Å². The number of aromatic nitrogens is 1. The van der Waals surface area contributed by atoms with Crippen LogP contribution in [0.15, 0.2) is 0 Å². The van der Waals surface area contributed by atoms with Gasteiger partial charge in [0, 0.05) is 19.0 Å². The van der Waals surface area contributed by atoms with Gasteiger partial charge in [-0.3, -0.25) is 4.79 Å². The minimum absolute atomic E-state index is 0.146. The molecule has 17 heavy (non-hydrogen) atoms. The lowest BCUT2D eigenvalue weighted by atomic mass is 10.3. The molecule has 0 radical (unpaired) electrons. The minimum atomic E-state index is 0.146. The normalized spacial score (nSPS) is 14.1. The fraction of sp³-hybridized carbons (Fsp3) is 0.545. The summed E-state index contributed by atoms with van der Waals surface area (Å²) in [5, 5.41) is 15.7. The van der Waals surface area contributed by atoms with Crippen LogP contribution in [-0.4, -0.2) is 23.4 Å². The highest BCUT2D eigenvalue weighted by atomic mass is 32.1. The van der Waals surface area contributed by atoms with Gasteiger partial charge in [-0.2, -0.15) is 9.64 Å². The van der Waals surface area contributed by atoms with E-state index in [0.717, 1.165) is 23.5 Å². The van der Waals surface area contributed by atoms with Gasteiger partial charge in [0.05, 0.1) is 5.69 Å². The van der Waals surface area contributed by atoms with Gasteiger partial charge in [0.2, 0.25) is 5.91 Å². The Morgan fingerprint density at radius 3 is 3.00 bits per heavy atom. The molecule has 1 aromatic heterocycles. The van der Waals surface area contributed by atoms with Crippen LogP contribution in [0.2, 0.25) is 0 Å². The first kappa shape index (κ1) is 11.9. The lowest BCUT2D eigenvalue weighted by molar-refractivity contribution is -0.122. The fourth-order valence-corrected chi connectivity index (χ4v) is 2.24. The van der Waals surface area contributed by atoms with Crippen LogP contribution in [0.5, 0.6) is 0 Å². The second-order valence-corrected chi connectivity index (χ2v) is 4.85. The van der Waals surface area contributed by atoms with Crippen molar-refractivity contribution in [3.05, 3.63) is 11.3 Å². The van der Waals surface area contributed by atoms with Crippen molar-refractivity contribution in [3.8, 4) is 6.07 Å². The monoisotopic (exact) mass is 250 g/mol. The first-order valence-electron chi connectivity index (χ1n) is 5.60. The third-order valence-electron chi connectivity index (χ3n) is 2.63. The zero-order valence-electron chi connectivity index (χ0n) is 9.62. The first-order valence-corrected chi connectivity index (χ1v) is 6.37. The van der Waals surface area contributed by atoms with Crippen molar-refractivity contribution in [3.63, 3.8) is 0 Å². The molecule has 0 aromatic carbocycles. The Morgan fingerprint density at radius 2 is 2.35 bits per heavy atom. The van der Waals surface area contributed by atoms with Gasteiger partial charge in [-0.25, -0.2) is 0 Å². The quantitative estimate of drug-likeness (QED) is 0.771. The van der Waals surface area contributed by atoms with E-state index in [0.29, 0.717) is 18.7 Å². The van der Waals surface area contributed by atoms with E-state index >= 15 is 0 Å². The van der Waals surface area contributed by atoms with E-state index < -0.39 is 0 Å². The van der Waals surface area contributed by atoms with Crippen LogP contribution in [-0.2, 0) is 4.79 Å². The molecule has 0 saturated heterocycles. The van der Waals surface area contributed by atoms with Crippen molar-refractivity contribution in [1.29, 1.82) is 5.26 Å². The topological polar surface area (TPSA) is 77.8 Å². The molecule has 1 saturated carbocycles. The van der Waals surface area contributed by atoms with Crippen LogP contribution >= 0.6 is 11.5 Å². The Bertz CT molecular complexity index is 459. The predicted octanol–water partition coefficient (Wildman–Crippen LogP) is 1.26. The summed E-state index contributed by atoms with van der Waals surface area (Å²) in [5.74, 6) is 0.392. The third kappa shape index (κ3) is 2.94. The maximum Gasteiger partial charge on any atom is 0.223 e. The Kier molecular flexibility index (Phi) is 3.59. The molecule has 1 aromatic rings. The van der Waals surface area contributed by atoms with E-state index in [9.17, 15) is 4.79 Å². The summed E-state index contributed by atoms with van der Waals surface area (Å²) in [6, 6.07) is 2.12. The number of hydrogen-bond donors (Lipinski definition) is 2. The smallest absolute Gasteiger partial charge is 0.223 e. The molecule has 2 N–H and O–H groups in total. The Hall–Kier alpha value is -1.61. The molecule has 0 spiro atoms. The number of nitriles is 1. The van der Waals surface area contributed by atoms with Crippen molar-refractivity contribution < 1.29 is 4.79 Å². The number of rotatable bonds is 5. The van der Waals surface area contributed by atoms with Gasteiger partial charge in [-0.05, 0) is 31.3 Å². The number of nitrogens with zero attached hydrogens (tertiary/aromatic N) is 2. The Morgan fingerprint density at radius 1 is 1.59 bits per heavy atom. The molecular formula is C11H14N4OS. The number of carbonyl (C=O) groups excluding carboxylic acids is 1. The van der Waals surface area contributed by atoms with Gasteiger partial charge in [-0.15, -0.1) is 0 Å². The number of anilines is 1. The van der Waals surface area contributed by atoms with Crippen molar-refractivity contribution in [2.45, 2.75) is 19.8 Å². The summed E-state index contributed by atoms with van der Waals surface area (Å²) in [7, 11) is 0. The van der Waals surface area contributed by atoms with Crippen LogP contribution in [0.25, 0.3) is 0 Å².